The van der Waals surface area contributed by atoms with Crippen LogP contribution >= 0.6 is 46.0 Å². The van der Waals surface area contributed by atoms with Gasteiger partial charge in [0.15, 0.2) is 11.0 Å². The number of benzene rings is 1. The van der Waals surface area contributed by atoms with Crippen LogP contribution in [-0.4, -0.2) is 29.2 Å². The SMILES string of the molecule is CSc1ncc(I)c(N(C)NC(=O)c2ccccc2Cl)n1. The van der Waals surface area contributed by atoms with Gasteiger partial charge in [0.05, 0.1) is 14.2 Å². The topological polar surface area (TPSA) is 58.1 Å². The van der Waals surface area contributed by atoms with Crippen molar-refractivity contribution in [1.29, 1.82) is 0 Å². The Bertz CT molecular complexity index is 670. The summed E-state index contributed by atoms with van der Waals surface area (Å²) in [5, 5.41) is 2.62. The smallest absolute Gasteiger partial charge is 0.270 e. The first-order valence-corrected chi connectivity index (χ1v) is 8.57. The highest BCUT2D eigenvalue weighted by Crippen LogP contribution is 2.21. The molecule has 5 nitrogen and oxygen atoms in total. The third-order valence-corrected chi connectivity index (χ3v) is 4.24. The zero-order chi connectivity index (χ0) is 15.4. The number of nitrogens with zero attached hydrogens (tertiary/aromatic N) is 3. The predicted octanol–water partition coefficient (Wildman–Crippen LogP) is 3.24. The lowest BCUT2D eigenvalue weighted by Gasteiger charge is -2.20. The second-order valence-electron chi connectivity index (χ2n) is 4.01. The Labute approximate surface area is 145 Å². The van der Waals surface area contributed by atoms with Gasteiger partial charge in [-0.1, -0.05) is 35.5 Å². The molecule has 0 saturated heterocycles. The van der Waals surface area contributed by atoms with Crippen LogP contribution in [0, 0.1) is 3.57 Å². The van der Waals surface area contributed by atoms with E-state index in [0.29, 0.717) is 21.6 Å². The molecular formula is C13H12ClIN4OS. The Hall–Kier alpha value is -1.06. The summed E-state index contributed by atoms with van der Waals surface area (Å²) in [5.74, 6) is 0.346. The molecule has 0 aliphatic carbocycles. The van der Waals surface area contributed by atoms with Crippen LogP contribution in [0.1, 0.15) is 10.4 Å². The number of halogens is 2. The Kier molecular flexibility index (Phi) is 5.65. The van der Waals surface area contributed by atoms with Gasteiger partial charge >= 0.3 is 0 Å². The van der Waals surface area contributed by atoms with E-state index in [1.807, 2.05) is 6.26 Å². The minimum atomic E-state index is -0.289. The molecule has 0 radical (unpaired) electrons. The molecule has 110 valence electrons. The van der Waals surface area contributed by atoms with E-state index in [9.17, 15) is 4.79 Å². The predicted molar refractivity (Wildman–Crippen MR) is 93.9 cm³/mol. The van der Waals surface area contributed by atoms with Crippen molar-refractivity contribution in [3.63, 3.8) is 0 Å². The summed E-state index contributed by atoms with van der Waals surface area (Å²) in [6.45, 7) is 0. The summed E-state index contributed by atoms with van der Waals surface area (Å²) in [5.41, 5.74) is 3.17. The molecule has 1 N–H and O–H groups in total. The number of hydrogen-bond acceptors (Lipinski definition) is 5. The van der Waals surface area contributed by atoms with Crippen LogP contribution < -0.4 is 10.4 Å². The molecule has 0 unspecified atom stereocenters. The van der Waals surface area contributed by atoms with E-state index in [-0.39, 0.29) is 5.91 Å². The third-order valence-electron chi connectivity index (χ3n) is 2.59. The number of thioether (sulfide) groups is 1. The largest absolute Gasteiger partial charge is 0.271 e. The standard InChI is InChI=1S/C13H12ClIN4OS/c1-19(11-10(15)7-16-13(17-11)21-2)18-12(20)8-5-3-4-6-9(8)14/h3-7H,1-2H3,(H,18,20). The summed E-state index contributed by atoms with van der Waals surface area (Å²) >= 11 is 9.58. The molecular weight excluding hydrogens is 423 g/mol. The first-order chi connectivity index (χ1) is 10.0. The van der Waals surface area contributed by atoms with Crippen molar-refractivity contribution in [1.82, 2.24) is 15.4 Å². The zero-order valence-electron chi connectivity index (χ0n) is 11.3. The molecule has 0 saturated carbocycles. The van der Waals surface area contributed by atoms with Crippen LogP contribution in [0.25, 0.3) is 0 Å². The van der Waals surface area contributed by atoms with E-state index in [0.717, 1.165) is 3.57 Å². The molecule has 0 atom stereocenters. The summed E-state index contributed by atoms with van der Waals surface area (Å²) < 4.78 is 0.840. The third kappa shape index (κ3) is 3.98. The summed E-state index contributed by atoms with van der Waals surface area (Å²) in [6, 6.07) is 6.89. The normalized spacial score (nSPS) is 10.3. The molecule has 0 fully saturated rings. The highest BCUT2D eigenvalue weighted by molar-refractivity contribution is 14.1. The van der Waals surface area contributed by atoms with Crippen LogP contribution in [0.15, 0.2) is 35.6 Å². The number of hydrazine groups is 1. The maximum absolute atomic E-state index is 12.2. The zero-order valence-corrected chi connectivity index (χ0v) is 15.0. The molecule has 2 aromatic rings. The quantitative estimate of drug-likeness (QED) is 0.346. The van der Waals surface area contributed by atoms with Crippen molar-refractivity contribution in [3.05, 3.63) is 44.6 Å². The fraction of sp³-hybridized carbons (Fsp3) is 0.154. The summed E-state index contributed by atoms with van der Waals surface area (Å²) in [6.07, 6.45) is 3.61. The molecule has 21 heavy (non-hydrogen) atoms. The number of carbonyl (C=O) groups is 1. The Morgan fingerprint density at radius 2 is 2.14 bits per heavy atom. The summed E-state index contributed by atoms with van der Waals surface area (Å²) in [4.78, 5) is 20.8. The molecule has 1 aromatic carbocycles. The number of nitrogens with one attached hydrogen (secondary N) is 1. The maximum atomic E-state index is 12.2. The number of amides is 1. The van der Waals surface area contributed by atoms with Crippen molar-refractivity contribution in [2.24, 2.45) is 0 Å². The van der Waals surface area contributed by atoms with Crippen LogP contribution in [-0.2, 0) is 0 Å². The minimum Gasteiger partial charge on any atom is -0.270 e. The first-order valence-electron chi connectivity index (χ1n) is 5.88. The van der Waals surface area contributed by atoms with E-state index in [1.54, 1.807) is 42.5 Å². The van der Waals surface area contributed by atoms with Gasteiger partial charge in [0.1, 0.15) is 0 Å². The second kappa shape index (κ2) is 7.28. The lowest BCUT2D eigenvalue weighted by molar-refractivity contribution is 0.0951. The number of anilines is 1. The van der Waals surface area contributed by atoms with Gasteiger partial charge in [0.2, 0.25) is 0 Å². The van der Waals surface area contributed by atoms with Crippen LogP contribution in [0.4, 0.5) is 5.82 Å². The molecule has 0 aliphatic rings. The minimum absolute atomic E-state index is 0.289. The average Bonchev–Trinajstić information content (AvgIpc) is 2.48. The van der Waals surface area contributed by atoms with Crippen LogP contribution in [0.5, 0.6) is 0 Å². The maximum Gasteiger partial charge on any atom is 0.271 e. The van der Waals surface area contributed by atoms with E-state index >= 15 is 0 Å². The summed E-state index contributed by atoms with van der Waals surface area (Å²) in [7, 11) is 1.73. The lowest BCUT2D eigenvalue weighted by atomic mass is 10.2. The molecule has 1 amide bonds. The van der Waals surface area contributed by atoms with E-state index < -0.39 is 0 Å². The lowest BCUT2D eigenvalue weighted by Crippen LogP contribution is -2.40. The Balaban J connectivity index is 2.20. The highest BCUT2D eigenvalue weighted by Gasteiger charge is 2.15. The van der Waals surface area contributed by atoms with E-state index in [2.05, 4.69) is 38.0 Å². The van der Waals surface area contributed by atoms with Gasteiger partial charge in [-0.2, -0.15) is 0 Å². The fourth-order valence-corrected chi connectivity index (χ4v) is 2.77. The molecule has 2 rings (SSSR count). The molecule has 1 aromatic heterocycles. The Morgan fingerprint density at radius 3 is 2.81 bits per heavy atom. The van der Waals surface area contributed by atoms with Crippen LogP contribution in [0.3, 0.4) is 0 Å². The fourth-order valence-electron chi connectivity index (χ4n) is 1.59. The van der Waals surface area contributed by atoms with Crippen molar-refractivity contribution in [2.75, 3.05) is 18.3 Å². The number of rotatable bonds is 4. The van der Waals surface area contributed by atoms with Gasteiger partial charge in [-0.3, -0.25) is 15.2 Å². The van der Waals surface area contributed by atoms with Crippen molar-refractivity contribution >= 4 is 57.7 Å². The number of aromatic nitrogens is 2. The monoisotopic (exact) mass is 434 g/mol. The van der Waals surface area contributed by atoms with Gasteiger partial charge in [-0.05, 0) is 41.0 Å². The molecule has 8 heteroatoms. The van der Waals surface area contributed by atoms with Gasteiger partial charge in [0.25, 0.3) is 5.91 Å². The van der Waals surface area contributed by atoms with Gasteiger partial charge < -0.3 is 0 Å². The molecule has 0 spiro atoms. The second-order valence-corrected chi connectivity index (χ2v) is 6.35. The van der Waals surface area contributed by atoms with Gasteiger partial charge in [-0.25, -0.2) is 9.97 Å². The molecule has 0 bridgehead atoms. The molecule has 1 heterocycles. The average molecular weight is 435 g/mol. The highest BCUT2D eigenvalue weighted by atomic mass is 127. The van der Waals surface area contributed by atoms with E-state index in [1.165, 1.54) is 11.8 Å². The molecule has 0 aliphatic heterocycles. The van der Waals surface area contributed by atoms with Gasteiger partial charge in [-0.15, -0.1) is 0 Å². The Morgan fingerprint density at radius 1 is 1.43 bits per heavy atom. The first kappa shape index (κ1) is 16.3. The van der Waals surface area contributed by atoms with Crippen molar-refractivity contribution < 1.29 is 4.79 Å². The van der Waals surface area contributed by atoms with Crippen molar-refractivity contribution in [3.8, 4) is 0 Å². The van der Waals surface area contributed by atoms with E-state index in [4.69, 9.17) is 11.6 Å². The van der Waals surface area contributed by atoms with Crippen LogP contribution in [0.2, 0.25) is 5.02 Å². The number of hydrogen-bond donors (Lipinski definition) is 1. The van der Waals surface area contributed by atoms with Gasteiger partial charge in [0, 0.05) is 13.2 Å². The number of carbonyl (C=O) groups excluding carboxylic acids is 1. The van der Waals surface area contributed by atoms with Crippen molar-refractivity contribution in [2.45, 2.75) is 5.16 Å².